The van der Waals surface area contributed by atoms with Crippen molar-refractivity contribution in [2.24, 2.45) is 0 Å². The molecule has 3 nitrogen and oxygen atoms in total. The fraction of sp³-hybridized carbons (Fsp3) is 0. The molecule has 0 aliphatic carbocycles. The van der Waals surface area contributed by atoms with Crippen LogP contribution in [0.25, 0.3) is 10.8 Å². The van der Waals surface area contributed by atoms with Gasteiger partial charge in [0, 0.05) is 0 Å². The molecule has 0 aromatic carbocycles. The molecule has 0 aliphatic rings. The van der Waals surface area contributed by atoms with Gasteiger partial charge in [-0.15, -0.1) is 0 Å². The Balaban J connectivity index is -0.0000000150. The van der Waals surface area contributed by atoms with Crippen molar-refractivity contribution < 1.29 is 59.1 Å². The largest absolute Gasteiger partial charge is 1.00 e. The van der Waals surface area contributed by atoms with Crippen molar-refractivity contribution in [2.75, 3.05) is 0 Å². The van der Waals surface area contributed by atoms with E-state index in [9.17, 15) is 0 Å². The van der Waals surface area contributed by atoms with Gasteiger partial charge < -0.3 is 10.8 Å². The summed E-state index contributed by atoms with van der Waals surface area (Å²) in [5, 5.41) is 25.6. The van der Waals surface area contributed by atoms with Crippen molar-refractivity contribution in [3.05, 3.63) is 10.8 Å². The number of thiocarbonyl (C=S) groups is 2. The predicted molar refractivity (Wildman–Crippen MR) is 46.5 cm³/mol. The summed E-state index contributed by atoms with van der Waals surface area (Å²) in [4.78, 5) is 0. The van der Waals surface area contributed by atoms with E-state index in [2.05, 4.69) is 37.1 Å². The van der Waals surface area contributed by atoms with Crippen LogP contribution < -0.4 is 59.1 Å². The van der Waals surface area contributed by atoms with Gasteiger partial charge in [-0.05, 0) is 0 Å². The van der Waals surface area contributed by atoms with Gasteiger partial charge in [-0.2, -0.15) is 15.6 Å². The average molecular weight is 221 g/mol. The van der Waals surface area contributed by atoms with Crippen molar-refractivity contribution in [1.82, 2.24) is 0 Å². The second-order valence-electron chi connectivity index (χ2n) is 0.283. The SMILES string of the molecule is N#CS.[N-]=C=S.[N-]=C=S.[Na+].[Na+]. The number of thiocyanates is 1. The van der Waals surface area contributed by atoms with Crippen molar-refractivity contribution >= 4 is 47.4 Å². The number of isothiocyanates is 2. The van der Waals surface area contributed by atoms with E-state index in [-0.39, 0.29) is 59.1 Å². The monoisotopic (exact) mass is 221 g/mol. The Hall–Kier alpha value is 1.44. The summed E-state index contributed by atoms with van der Waals surface area (Å²) in [7, 11) is 0. The van der Waals surface area contributed by atoms with E-state index < -0.39 is 0 Å². The molecule has 0 N–H and O–H groups in total. The van der Waals surface area contributed by atoms with Crippen LogP contribution in [0.3, 0.4) is 0 Å². The molecule has 8 heteroatoms. The molecule has 0 saturated carbocycles. The normalized spacial score (nSPS) is 2.18. The van der Waals surface area contributed by atoms with E-state index in [0.717, 1.165) is 0 Å². The van der Waals surface area contributed by atoms with Gasteiger partial charge in [-0.1, -0.05) is 37.1 Å². The third kappa shape index (κ3) is 492. The summed E-state index contributed by atoms with van der Waals surface area (Å²) in [5.74, 6) is 0. The summed E-state index contributed by atoms with van der Waals surface area (Å²) in [5.41, 5.74) is 0. The first kappa shape index (κ1) is 29.4. The Labute approximate surface area is 126 Å². The van der Waals surface area contributed by atoms with Gasteiger partial charge in [-0.25, -0.2) is 0 Å². The quantitative estimate of drug-likeness (QED) is 0.148. The first-order chi connectivity index (χ1) is 4.24. The van der Waals surface area contributed by atoms with Crippen LogP contribution in [0.1, 0.15) is 0 Å². The minimum atomic E-state index is 0. The Morgan fingerprint density at radius 2 is 1.09 bits per heavy atom. The van der Waals surface area contributed by atoms with Crippen LogP contribution in [0.5, 0.6) is 0 Å². The number of nitrogens with zero attached hydrogens (tertiary/aromatic N) is 3. The van der Waals surface area contributed by atoms with Crippen molar-refractivity contribution in [3.8, 4) is 5.40 Å². The first-order valence-electron chi connectivity index (χ1n) is 1.30. The zero-order chi connectivity index (χ0) is 8.12. The molecule has 11 heavy (non-hydrogen) atoms. The maximum absolute atomic E-state index is 7.18. The van der Waals surface area contributed by atoms with Crippen LogP contribution in [-0.4, -0.2) is 10.3 Å². The molecule has 0 spiro atoms. The molecule has 0 saturated heterocycles. The fourth-order valence-electron chi connectivity index (χ4n) is 0. The van der Waals surface area contributed by atoms with Crippen molar-refractivity contribution in [1.29, 1.82) is 5.26 Å². The number of thiol groups is 1. The predicted octanol–water partition coefficient (Wildman–Crippen LogP) is -4.28. The van der Waals surface area contributed by atoms with E-state index in [1.807, 2.05) is 0 Å². The summed E-state index contributed by atoms with van der Waals surface area (Å²) in [6.07, 6.45) is 0. The zero-order valence-electron chi connectivity index (χ0n) is 6.11. The molecule has 0 radical (unpaired) electrons. The molecule has 0 unspecified atom stereocenters. The minimum absolute atomic E-state index is 0. The van der Waals surface area contributed by atoms with Gasteiger partial charge in [0.1, 0.15) is 5.40 Å². The van der Waals surface area contributed by atoms with Crippen LogP contribution in [0.4, 0.5) is 0 Å². The Kier molecular flexibility index (Phi) is 169. The average Bonchev–Trinajstić information content (AvgIpc) is 1.70. The number of hydrogen-bond donors (Lipinski definition) is 1. The molecule has 0 aromatic heterocycles. The van der Waals surface area contributed by atoms with Gasteiger partial charge in [0.05, 0.1) is 0 Å². The molecular weight excluding hydrogens is 220 g/mol. The summed E-state index contributed by atoms with van der Waals surface area (Å²) in [6.45, 7) is 0. The molecule has 0 fully saturated rings. The van der Waals surface area contributed by atoms with E-state index >= 15 is 0 Å². The van der Waals surface area contributed by atoms with Crippen LogP contribution in [0.15, 0.2) is 0 Å². The van der Waals surface area contributed by atoms with E-state index in [4.69, 9.17) is 16.1 Å². The summed E-state index contributed by atoms with van der Waals surface area (Å²) >= 11 is 10.5. The number of nitriles is 1. The van der Waals surface area contributed by atoms with Gasteiger partial charge >= 0.3 is 59.1 Å². The van der Waals surface area contributed by atoms with Crippen LogP contribution in [0, 0.1) is 10.7 Å². The van der Waals surface area contributed by atoms with Gasteiger partial charge in [0.2, 0.25) is 0 Å². The topological polar surface area (TPSA) is 68.4 Å². The minimum Gasteiger partial charge on any atom is -0.753 e. The Morgan fingerprint density at radius 3 is 1.09 bits per heavy atom. The van der Waals surface area contributed by atoms with Crippen molar-refractivity contribution in [3.63, 3.8) is 0 Å². The zero-order valence-corrected chi connectivity index (χ0v) is 12.6. The smallest absolute Gasteiger partial charge is 0.753 e. The van der Waals surface area contributed by atoms with Gasteiger partial charge in [0.25, 0.3) is 0 Å². The Morgan fingerprint density at radius 1 is 1.09 bits per heavy atom. The van der Waals surface area contributed by atoms with Crippen LogP contribution in [-0.2, 0) is 0 Å². The number of hydrogen-bond acceptors (Lipinski definition) is 4. The molecule has 48 valence electrons. The maximum Gasteiger partial charge on any atom is 1.00 e. The van der Waals surface area contributed by atoms with E-state index in [1.54, 1.807) is 0 Å². The Bertz CT molecular complexity index is 130. The summed E-state index contributed by atoms with van der Waals surface area (Å²) in [6, 6.07) is 0. The first-order valence-corrected chi connectivity index (χ1v) is 2.57. The molecular formula is C3HN3Na2S3. The van der Waals surface area contributed by atoms with Crippen molar-refractivity contribution in [2.45, 2.75) is 0 Å². The number of rotatable bonds is 0. The van der Waals surface area contributed by atoms with E-state index in [0.29, 0.717) is 0 Å². The van der Waals surface area contributed by atoms with Gasteiger partial charge in [-0.3, -0.25) is 0 Å². The molecule has 0 aromatic rings. The third-order valence-electron chi connectivity index (χ3n) is 0. The fourth-order valence-corrected chi connectivity index (χ4v) is 0. The van der Waals surface area contributed by atoms with Crippen LogP contribution >= 0.6 is 37.1 Å². The summed E-state index contributed by atoms with van der Waals surface area (Å²) < 4.78 is 0. The molecule has 0 heterocycles. The van der Waals surface area contributed by atoms with Crippen LogP contribution in [0.2, 0.25) is 0 Å². The molecule has 0 rings (SSSR count). The third-order valence-corrected chi connectivity index (χ3v) is 0. The van der Waals surface area contributed by atoms with E-state index in [1.165, 1.54) is 15.7 Å². The standard InChI is InChI=1S/CHNS.2CNS.2Na/c3*2-1-3;;/h3H;;;;/q;2*-1;2*+1. The molecule has 0 aliphatic heterocycles. The van der Waals surface area contributed by atoms with Gasteiger partial charge in [0.15, 0.2) is 0 Å². The molecule has 0 atom stereocenters. The molecule has 0 bridgehead atoms. The molecule has 0 amide bonds. The maximum atomic E-state index is 7.18. The second-order valence-corrected chi connectivity index (χ2v) is 0.848. The second kappa shape index (κ2) is 63.3.